The Morgan fingerprint density at radius 2 is 2.20 bits per heavy atom. The lowest BCUT2D eigenvalue weighted by Gasteiger charge is -1.95. The van der Waals surface area contributed by atoms with Crippen LogP contribution in [0.4, 0.5) is 0 Å². The zero-order chi connectivity index (χ0) is 10.8. The molecule has 0 radical (unpaired) electrons. The molecule has 4 heteroatoms. The third kappa shape index (κ3) is 1.88. The lowest BCUT2D eigenvalue weighted by Crippen LogP contribution is -2.09. The molecule has 0 spiro atoms. The van der Waals surface area contributed by atoms with Crippen molar-refractivity contribution in [3.05, 3.63) is 41.7 Å². The summed E-state index contributed by atoms with van der Waals surface area (Å²) in [5.41, 5.74) is 7.71. The molecular formula is C11H10N2O2. The lowest BCUT2D eigenvalue weighted by molar-refractivity contribution is 0.0965. The van der Waals surface area contributed by atoms with Crippen LogP contribution in [0.5, 0.6) is 0 Å². The molecule has 2 N–H and O–H groups in total. The van der Waals surface area contributed by atoms with E-state index in [-0.39, 0.29) is 5.76 Å². The average molecular weight is 202 g/mol. The molecular weight excluding hydrogens is 192 g/mol. The number of aryl methyl sites for hydroxylation is 1. The topological polar surface area (TPSA) is 69.1 Å². The van der Waals surface area contributed by atoms with Crippen LogP contribution >= 0.6 is 0 Å². The van der Waals surface area contributed by atoms with Crippen molar-refractivity contribution in [2.75, 3.05) is 0 Å². The number of carbonyl (C=O) groups excluding carboxylic acids is 1. The van der Waals surface area contributed by atoms with Crippen LogP contribution in [-0.4, -0.2) is 11.1 Å². The Morgan fingerprint density at radius 1 is 1.40 bits per heavy atom. The van der Waals surface area contributed by atoms with Crippen molar-refractivity contribution in [3.63, 3.8) is 0 Å². The standard InChI is InChI=1S/C11H10N2O2/c1-7-3-2-4-8(5-7)9-6-10(11(12)14)15-13-9/h2-6H,1H3,(H2,12,14). The van der Waals surface area contributed by atoms with E-state index < -0.39 is 5.91 Å². The number of benzene rings is 1. The lowest BCUT2D eigenvalue weighted by atomic mass is 10.1. The third-order valence-electron chi connectivity index (χ3n) is 2.07. The number of amides is 1. The zero-order valence-electron chi connectivity index (χ0n) is 8.23. The van der Waals surface area contributed by atoms with E-state index in [1.54, 1.807) is 0 Å². The molecule has 15 heavy (non-hydrogen) atoms. The van der Waals surface area contributed by atoms with E-state index in [2.05, 4.69) is 5.16 Å². The Kier molecular flexibility index (Phi) is 2.25. The molecule has 1 aromatic heterocycles. The summed E-state index contributed by atoms with van der Waals surface area (Å²) in [5.74, 6) is -0.534. The molecule has 0 fully saturated rings. The minimum absolute atomic E-state index is 0.0755. The van der Waals surface area contributed by atoms with E-state index in [1.165, 1.54) is 6.07 Å². The van der Waals surface area contributed by atoms with Gasteiger partial charge in [0.25, 0.3) is 5.91 Å². The summed E-state index contributed by atoms with van der Waals surface area (Å²) in [6.45, 7) is 1.98. The highest BCUT2D eigenvalue weighted by atomic mass is 16.5. The second kappa shape index (κ2) is 3.57. The summed E-state index contributed by atoms with van der Waals surface area (Å²) in [7, 11) is 0. The molecule has 2 rings (SSSR count). The van der Waals surface area contributed by atoms with Crippen LogP contribution in [0, 0.1) is 6.92 Å². The number of rotatable bonds is 2. The average Bonchev–Trinajstić information content (AvgIpc) is 2.66. The van der Waals surface area contributed by atoms with Gasteiger partial charge in [0, 0.05) is 11.6 Å². The van der Waals surface area contributed by atoms with Gasteiger partial charge in [-0.3, -0.25) is 4.79 Å². The van der Waals surface area contributed by atoms with E-state index in [9.17, 15) is 4.79 Å². The van der Waals surface area contributed by atoms with Crippen molar-refractivity contribution in [2.24, 2.45) is 5.73 Å². The predicted molar refractivity (Wildman–Crippen MR) is 55.2 cm³/mol. The van der Waals surface area contributed by atoms with Crippen molar-refractivity contribution in [1.82, 2.24) is 5.16 Å². The number of hydrogen-bond donors (Lipinski definition) is 1. The second-order valence-electron chi connectivity index (χ2n) is 3.31. The molecule has 0 aliphatic carbocycles. The summed E-state index contributed by atoms with van der Waals surface area (Å²) in [6.07, 6.45) is 0. The fraction of sp³-hybridized carbons (Fsp3) is 0.0909. The maximum absolute atomic E-state index is 10.8. The number of aromatic nitrogens is 1. The molecule has 0 bridgehead atoms. The number of nitrogens with two attached hydrogens (primary N) is 1. The van der Waals surface area contributed by atoms with E-state index in [1.807, 2.05) is 31.2 Å². The number of primary amides is 1. The maximum atomic E-state index is 10.8. The van der Waals surface area contributed by atoms with E-state index >= 15 is 0 Å². The molecule has 1 heterocycles. The Labute approximate surface area is 86.7 Å². The van der Waals surface area contributed by atoms with Gasteiger partial charge in [0.15, 0.2) is 0 Å². The first-order valence-corrected chi connectivity index (χ1v) is 4.50. The van der Waals surface area contributed by atoms with Gasteiger partial charge in [0.05, 0.1) is 0 Å². The molecule has 4 nitrogen and oxygen atoms in total. The molecule has 0 saturated heterocycles. The Hall–Kier alpha value is -2.10. The fourth-order valence-electron chi connectivity index (χ4n) is 1.33. The van der Waals surface area contributed by atoms with Crippen molar-refractivity contribution >= 4 is 5.91 Å². The monoisotopic (exact) mass is 202 g/mol. The minimum atomic E-state index is -0.610. The van der Waals surface area contributed by atoms with Crippen molar-refractivity contribution in [3.8, 4) is 11.3 Å². The number of nitrogens with zero attached hydrogens (tertiary/aromatic N) is 1. The van der Waals surface area contributed by atoms with Gasteiger partial charge in [0.1, 0.15) is 5.69 Å². The SMILES string of the molecule is Cc1cccc(-c2cc(C(N)=O)on2)c1. The van der Waals surface area contributed by atoms with Crippen LogP contribution in [0.2, 0.25) is 0 Å². The number of hydrogen-bond acceptors (Lipinski definition) is 3. The van der Waals surface area contributed by atoms with Crippen LogP contribution in [0.1, 0.15) is 16.1 Å². The highest BCUT2D eigenvalue weighted by molar-refractivity contribution is 5.90. The number of carbonyl (C=O) groups is 1. The first-order chi connectivity index (χ1) is 7.16. The predicted octanol–water partition coefficient (Wildman–Crippen LogP) is 1.75. The Morgan fingerprint density at radius 3 is 2.80 bits per heavy atom. The smallest absolute Gasteiger partial charge is 0.287 e. The highest BCUT2D eigenvalue weighted by Crippen LogP contribution is 2.19. The van der Waals surface area contributed by atoms with E-state index in [0.717, 1.165) is 11.1 Å². The van der Waals surface area contributed by atoms with Gasteiger partial charge in [-0.1, -0.05) is 28.9 Å². The highest BCUT2D eigenvalue weighted by Gasteiger charge is 2.10. The molecule has 0 unspecified atom stereocenters. The van der Waals surface area contributed by atoms with Gasteiger partial charge in [-0.25, -0.2) is 0 Å². The minimum Gasteiger partial charge on any atom is -0.363 e. The maximum Gasteiger partial charge on any atom is 0.287 e. The molecule has 2 aromatic rings. The summed E-state index contributed by atoms with van der Waals surface area (Å²) >= 11 is 0. The summed E-state index contributed by atoms with van der Waals surface area (Å²) < 4.78 is 4.80. The van der Waals surface area contributed by atoms with Crippen LogP contribution in [0.25, 0.3) is 11.3 Å². The molecule has 1 aromatic carbocycles. The fourth-order valence-corrected chi connectivity index (χ4v) is 1.33. The first kappa shape index (κ1) is 9.45. The summed E-state index contributed by atoms with van der Waals surface area (Å²) in [5, 5.41) is 3.77. The molecule has 76 valence electrons. The molecule has 0 saturated carbocycles. The van der Waals surface area contributed by atoms with Gasteiger partial charge >= 0.3 is 0 Å². The first-order valence-electron chi connectivity index (χ1n) is 4.50. The van der Waals surface area contributed by atoms with Gasteiger partial charge < -0.3 is 10.3 Å². The Balaban J connectivity index is 2.41. The molecule has 0 aliphatic rings. The molecule has 0 atom stereocenters. The van der Waals surface area contributed by atoms with E-state index in [4.69, 9.17) is 10.3 Å². The van der Waals surface area contributed by atoms with Crippen LogP contribution in [-0.2, 0) is 0 Å². The van der Waals surface area contributed by atoms with Crippen molar-refractivity contribution < 1.29 is 9.32 Å². The Bertz CT molecular complexity index is 503. The van der Waals surface area contributed by atoms with Crippen LogP contribution in [0.3, 0.4) is 0 Å². The normalized spacial score (nSPS) is 10.2. The largest absolute Gasteiger partial charge is 0.363 e. The molecule has 0 aliphatic heterocycles. The summed E-state index contributed by atoms with van der Waals surface area (Å²) in [4.78, 5) is 10.8. The zero-order valence-corrected chi connectivity index (χ0v) is 8.23. The van der Waals surface area contributed by atoms with Crippen molar-refractivity contribution in [2.45, 2.75) is 6.92 Å². The van der Waals surface area contributed by atoms with E-state index in [0.29, 0.717) is 5.69 Å². The second-order valence-corrected chi connectivity index (χ2v) is 3.31. The van der Waals surface area contributed by atoms with Crippen LogP contribution in [0.15, 0.2) is 34.9 Å². The van der Waals surface area contributed by atoms with Crippen molar-refractivity contribution in [1.29, 1.82) is 0 Å². The third-order valence-corrected chi connectivity index (χ3v) is 2.07. The van der Waals surface area contributed by atoms with Gasteiger partial charge in [-0.2, -0.15) is 0 Å². The van der Waals surface area contributed by atoms with Gasteiger partial charge in [-0.05, 0) is 13.0 Å². The van der Waals surface area contributed by atoms with Gasteiger partial charge in [0.2, 0.25) is 5.76 Å². The van der Waals surface area contributed by atoms with Crippen LogP contribution < -0.4 is 5.73 Å². The quantitative estimate of drug-likeness (QED) is 0.806. The summed E-state index contributed by atoms with van der Waals surface area (Å²) in [6, 6.07) is 9.30. The van der Waals surface area contributed by atoms with Gasteiger partial charge in [-0.15, -0.1) is 0 Å². The molecule has 1 amide bonds.